The maximum Gasteiger partial charge on any atom is 0.192 e. The highest BCUT2D eigenvalue weighted by Gasteiger charge is 2.19. The molecule has 0 aliphatic carbocycles. The molecule has 0 saturated carbocycles. The lowest BCUT2D eigenvalue weighted by molar-refractivity contribution is 0.109. The van der Waals surface area contributed by atoms with E-state index in [-0.39, 0.29) is 6.10 Å². The Hall–Kier alpha value is -2.39. The zero-order valence-corrected chi connectivity index (χ0v) is 15.9. The van der Waals surface area contributed by atoms with Crippen LogP contribution in [-0.4, -0.2) is 44.7 Å². The van der Waals surface area contributed by atoms with E-state index in [1.807, 2.05) is 29.1 Å². The second-order valence-corrected chi connectivity index (χ2v) is 7.78. The van der Waals surface area contributed by atoms with E-state index in [0.29, 0.717) is 34.8 Å². The van der Waals surface area contributed by atoms with Crippen LogP contribution in [0.4, 0.5) is 5.82 Å². The summed E-state index contributed by atoms with van der Waals surface area (Å²) < 4.78 is 33.7. The Kier molecular flexibility index (Phi) is 5.40. The van der Waals surface area contributed by atoms with Gasteiger partial charge in [0.2, 0.25) is 0 Å². The molecule has 1 aromatic carbocycles. The van der Waals surface area contributed by atoms with Crippen molar-refractivity contribution in [1.82, 2.24) is 14.9 Å². The van der Waals surface area contributed by atoms with Crippen LogP contribution in [0.3, 0.4) is 0 Å². The van der Waals surface area contributed by atoms with Crippen molar-refractivity contribution in [3.05, 3.63) is 36.2 Å². The molecule has 1 N–H and O–H groups in total. The molecule has 2 aromatic heterocycles. The van der Waals surface area contributed by atoms with Crippen LogP contribution < -0.4 is 9.46 Å². The van der Waals surface area contributed by atoms with Gasteiger partial charge in [-0.1, -0.05) is 5.16 Å². The normalized spacial score (nSPS) is 18.0. The largest absolute Gasteiger partial charge is 0.496 e. The molecule has 2 unspecified atom stereocenters. The Morgan fingerprint density at radius 2 is 2.37 bits per heavy atom. The maximum atomic E-state index is 12.4. The summed E-state index contributed by atoms with van der Waals surface area (Å²) in [5, 5.41) is 8.95. The summed E-state index contributed by atoms with van der Waals surface area (Å²) in [6, 6.07) is 5.69. The number of ether oxygens (including phenoxy) is 2. The van der Waals surface area contributed by atoms with Crippen molar-refractivity contribution in [2.45, 2.75) is 31.9 Å². The van der Waals surface area contributed by atoms with Crippen molar-refractivity contribution in [3.8, 4) is 5.75 Å². The van der Waals surface area contributed by atoms with E-state index in [0.717, 1.165) is 31.4 Å². The highest BCUT2D eigenvalue weighted by Crippen LogP contribution is 2.34. The quantitative estimate of drug-likeness (QED) is 0.636. The molecule has 1 aliphatic rings. The summed E-state index contributed by atoms with van der Waals surface area (Å²) >= 11 is 0. The van der Waals surface area contributed by atoms with E-state index in [4.69, 9.17) is 14.0 Å². The Bertz CT molecular complexity index is 919. The Morgan fingerprint density at radius 1 is 1.44 bits per heavy atom. The molecule has 144 valence electrons. The molecule has 0 amide bonds. The number of rotatable bonds is 8. The van der Waals surface area contributed by atoms with Crippen molar-refractivity contribution in [1.29, 1.82) is 0 Å². The minimum atomic E-state index is -1.27. The van der Waals surface area contributed by atoms with Crippen LogP contribution in [0, 0.1) is 0 Å². The van der Waals surface area contributed by atoms with E-state index in [2.05, 4.69) is 15.0 Å². The van der Waals surface area contributed by atoms with E-state index >= 15 is 0 Å². The molecule has 3 aromatic rings. The number of aromatic nitrogens is 3. The fourth-order valence-corrected chi connectivity index (χ4v) is 4.20. The molecule has 0 bridgehead atoms. The Morgan fingerprint density at radius 3 is 3.11 bits per heavy atom. The zero-order valence-electron chi connectivity index (χ0n) is 15.1. The molecule has 4 rings (SSSR count). The van der Waals surface area contributed by atoms with Gasteiger partial charge in [-0.25, -0.2) is 4.21 Å². The van der Waals surface area contributed by atoms with Gasteiger partial charge in [0.1, 0.15) is 22.1 Å². The third-order valence-corrected chi connectivity index (χ3v) is 5.61. The molecule has 8 nitrogen and oxygen atoms in total. The third-order valence-electron chi connectivity index (χ3n) is 4.58. The van der Waals surface area contributed by atoms with Crippen LogP contribution in [0.25, 0.3) is 11.0 Å². The molecule has 1 fully saturated rings. The van der Waals surface area contributed by atoms with Crippen LogP contribution in [0.1, 0.15) is 24.8 Å². The van der Waals surface area contributed by atoms with Crippen molar-refractivity contribution < 1.29 is 18.2 Å². The van der Waals surface area contributed by atoms with Crippen LogP contribution in [0.2, 0.25) is 0 Å². The SMILES string of the molecule is COc1cc(Cn2cccn2)cc2onc(NS(=O)CCC3CCCO3)c12. The fourth-order valence-electron chi connectivity index (χ4n) is 3.26. The van der Waals surface area contributed by atoms with E-state index in [9.17, 15) is 4.21 Å². The van der Waals surface area contributed by atoms with Gasteiger partial charge in [0.25, 0.3) is 0 Å². The smallest absolute Gasteiger partial charge is 0.192 e. The highest BCUT2D eigenvalue weighted by molar-refractivity contribution is 7.86. The maximum absolute atomic E-state index is 12.4. The predicted molar refractivity (Wildman–Crippen MR) is 102 cm³/mol. The second kappa shape index (κ2) is 8.10. The lowest BCUT2D eigenvalue weighted by Crippen LogP contribution is -2.15. The van der Waals surface area contributed by atoms with E-state index < -0.39 is 11.0 Å². The van der Waals surface area contributed by atoms with Gasteiger partial charge >= 0.3 is 0 Å². The van der Waals surface area contributed by atoms with Crippen LogP contribution in [0.5, 0.6) is 5.75 Å². The number of hydrogen-bond acceptors (Lipinski definition) is 6. The molecule has 0 radical (unpaired) electrons. The summed E-state index contributed by atoms with van der Waals surface area (Å²) in [6.07, 6.45) is 6.72. The predicted octanol–water partition coefficient (Wildman–Crippen LogP) is 2.73. The highest BCUT2D eigenvalue weighted by atomic mass is 32.2. The Labute approximate surface area is 159 Å². The molecule has 3 heterocycles. The molecular formula is C18H22N4O4S. The van der Waals surface area contributed by atoms with Gasteiger partial charge in [-0.05, 0) is 43.0 Å². The van der Waals surface area contributed by atoms with Crippen molar-refractivity contribution in [2.75, 3.05) is 24.2 Å². The Balaban J connectivity index is 1.50. The average Bonchev–Trinajstić information content (AvgIpc) is 3.42. The monoisotopic (exact) mass is 390 g/mol. The number of nitrogens with zero attached hydrogens (tertiary/aromatic N) is 3. The third kappa shape index (κ3) is 4.14. The van der Waals surface area contributed by atoms with Crippen LogP contribution >= 0.6 is 0 Å². The second-order valence-electron chi connectivity index (χ2n) is 6.48. The molecule has 9 heteroatoms. The van der Waals surface area contributed by atoms with E-state index in [1.165, 1.54) is 0 Å². The molecule has 1 aliphatic heterocycles. The van der Waals surface area contributed by atoms with Gasteiger partial charge in [-0.3, -0.25) is 9.40 Å². The van der Waals surface area contributed by atoms with Crippen molar-refractivity contribution in [2.24, 2.45) is 0 Å². The van der Waals surface area contributed by atoms with Gasteiger partial charge in [0, 0.05) is 24.8 Å². The van der Waals surface area contributed by atoms with E-state index in [1.54, 1.807) is 13.3 Å². The van der Waals surface area contributed by atoms with Crippen LogP contribution in [0.15, 0.2) is 35.1 Å². The molecule has 1 saturated heterocycles. The number of methoxy groups -OCH3 is 1. The average molecular weight is 390 g/mol. The summed E-state index contributed by atoms with van der Waals surface area (Å²) in [6.45, 7) is 1.40. The van der Waals surface area contributed by atoms with Crippen molar-refractivity contribution >= 4 is 27.8 Å². The van der Waals surface area contributed by atoms with Crippen LogP contribution in [-0.2, 0) is 22.3 Å². The first kappa shape index (κ1) is 18.0. The number of hydrogen-bond donors (Lipinski definition) is 1. The zero-order chi connectivity index (χ0) is 18.6. The van der Waals surface area contributed by atoms with Crippen molar-refractivity contribution in [3.63, 3.8) is 0 Å². The number of benzene rings is 1. The number of nitrogens with one attached hydrogen (secondary N) is 1. The summed E-state index contributed by atoms with van der Waals surface area (Å²) in [7, 11) is 0.330. The summed E-state index contributed by atoms with van der Waals surface area (Å²) in [5.41, 5.74) is 1.56. The van der Waals surface area contributed by atoms with Gasteiger partial charge in [0.05, 0.1) is 19.8 Å². The van der Waals surface area contributed by atoms with Gasteiger partial charge in [-0.15, -0.1) is 0 Å². The molecule has 27 heavy (non-hydrogen) atoms. The van der Waals surface area contributed by atoms with Gasteiger partial charge in [0.15, 0.2) is 11.4 Å². The van der Waals surface area contributed by atoms with Gasteiger partial charge in [-0.2, -0.15) is 5.10 Å². The fraction of sp³-hybridized carbons (Fsp3) is 0.444. The first-order valence-electron chi connectivity index (χ1n) is 8.93. The minimum absolute atomic E-state index is 0.212. The topological polar surface area (TPSA) is 91.4 Å². The minimum Gasteiger partial charge on any atom is -0.496 e. The molecule has 2 atom stereocenters. The summed E-state index contributed by atoms with van der Waals surface area (Å²) in [5.74, 6) is 1.55. The number of anilines is 1. The van der Waals surface area contributed by atoms with Gasteiger partial charge < -0.3 is 14.0 Å². The summed E-state index contributed by atoms with van der Waals surface area (Å²) in [4.78, 5) is 0. The first-order valence-corrected chi connectivity index (χ1v) is 10.2. The molecular weight excluding hydrogens is 368 g/mol. The standard InChI is InChI=1S/C18H22N4O4S/c1-24-15-10-13(12-22-7-3-6-19-22)11-16-17(15)18(20-26-16)21-27(23)9-5-14-4-2-8-25-14/h3,6-7,10-11,14H,2,4-5,8-9,12H2,1H3,(H,20,21). The first-order chi connectivity index (χ1) is 13.2. The lowest BCUT2D eigenvalue weighted by atomic mass is 10.1. The lowest BCUT2D eigenvalue weighted by Gasteiger charge is -2.10. The number of fused-ring (bicyclic) bond motifs is 1. The molecule has 0 spiro atoms.